The Morgan fingerprint density at radius 1 is 1.19 bits per heavy atom. The first-order chi connectivity index (χ1) is 10.1. The van der Waals surface area contributed by atoms with Gasteiger partial charge in [0.1, 0.15) is 11.3 Å². The van der Waals surface area contributed by atoms with Crippen LogP contribution in [-0.4, -0.2) is 22.6 Å². The summed E-state index contributed by atoms with van der Waals surface area (Å²) in [6.07, 6.45) is 0.622. The van der Waals surface area contributed by atoms with E-state index >= 15 is 0 Å². The molecule has 0 radical (unpaired) electrons. The van der Waals surface area contributed by atoms with Gasteiger partial charge in [0.25, 0.3) is 5.69 Å². The van der Waals surface area contributed by atoms with Gasteiger partial charge in [-0.25, -0.2) is 4.79 Å². The summed E-state index contributed by atoms with van der Waals surface area (Å²) in [5, 5.41) is 19.7. The van der Waals surface area contributed by atoms with Crippen LogP contribution in [0.15, 0.2) is 48.5 Å². The number of rotatable bonds is 6. The van der Waals surface area contributed by atoms with Gasteiger partial charge in [-0.3, -0.25) is 10.1 Å². The predicted octanol–water partition coefficient (Wildman–Crippen LogP) is 2.91. The van der Waals surface area contributed by atoms with E-state index in [0.29, 0.717) is 13.0 Å². The lowest BCUT2D eigenvalue weighted by molar-refractivity contribution is -0.384. The molecule has 0 saturated heterocycles. The summed E-state index contributed by atoms with van der Waals surface area (Å²) in [5.41, 5.74) is 0.580. The van der Waals surface area contributed by atoms with Crippen LogP contribution in [0.25, 0.3) is 0 Å². The van der Waals surface area contributed by atoms with Crippen molar-refractivity contribution in [2.75, 3.05) is 6.61 Å². The first kappa shape index (κ1) is 14.5. The largest absolute Gasteiger partial charge is 0.492 e. The molecule has 0 amide bonds. The van der Waals surface area contributed by atoms with E-state index in [1.165, 1.54) is 12.1 Å². The van der Waals surface area contributed by atoms with E-state index in [1.807, 2.05) is 30.3 Å². The number of nitro benzene ring substituents is 1. The normalized spacial score (nSPS) is 10.1. The third-order valence-corrected chi connectivity index (χ3v) is 2.90. The van der Waals surface area contributed by atoms with Gasteiger partial charge in [-0.1, -0.05) is 30.3 Å². The van der Waals surface area contributed by atoms with Crippen molar-refractivity contribution in [1.82, 2.24) is 0 Å². The third-order valence-electron chi connectivity index (χ3n) is 2.90. The summed E-state index contributed by atoms with van der Waals surface area (Å²) in [6, 6.07) is 13.1. The number of nitrogens with zero attached hydrogens (tertiary/aromatic N) is 1. The number of carboxylic acids is 1. The maximum Gasteiger partial charge on any atom is 0.339 e. The van der Waals surface area contributed by atoms with Crippen LogP contribution in [0, 0.1) is 10.1 Å². The predicted molar refractivity (Wildman–Crippen MR) is 75.7 cm³/mol. The van der Waals surface area contributed by atoms with Gasteiger partial charge in [-0.15, -0.1) is 0 Å². The molecular weight excluding hydrogens is 274 g/mol. The fourth-order valence-electron chi connectivity index (χ4n) is 1.85. The smallest absolute Gasteiger partial charge is 0.339 e. The van der Waals surface area contributed by atoms with E-state index in [0.717, 1.165) is 11.6 Å². The van der Waals surface area contributed by atoms with E-state index in [1.54, 1.807) is 0 Å². The quantitative estimate of drug-likeness (QED) is 0.651. The molecule has 0 aromatic heterocycles. The van der Waals surface area contributed by atoms with Crippen molar-refractivity contribution in [1.29, 1.82) is 0 Å². The lowest BCUT2D eigenvalue weighted by Gasteiger charge is -2.09. The Kier molecular flexibility index (Phi) is 4.50. The molecule has 0 saturated carbocycles. The third kappa shape index (κ3) is 3.79. The zero-order chi connectivity index (χ0) is 15.2. The molecular formula is C15H13NO5. The number of hydrogen-bond donors (Lipinski definition) is 1. The lowest BCUT2D eigenvalue weighted by Crippen LogP contribution is -2.07. The van der Waals surface area contributed by atoms with Gasteiger partial charge in [-0.05, 0) is 11.6 Å². The SMILES string of the molecule is O=C(O)c1cc([N+](=O)[O-])ccc1OCCc1ccccc1. The number of hydrogen-bond acceptors (Lipinski definition) is 4. The minimum atomic E-state index is -1.26. The van der Waals surface area contributed by atoms with Crippen molar-refractivity contribution >= 4 is 11.7 Å². The van der Waals surface area contributed by atoms with Crippen LogP contribution < -0.4 is 4.74 Å². The molecule has 2 aromatic rings. The number of nitro groups is 1. The van der Waals surface area contributed by atoms with E-state index in [4.69, 9.17) is 9.84 Å². The molecule has 2 aromatic carbocycles. The molecule has 0 unspecified atom stereocenters. The Hall–Kier alpha value is -2.89. The van der Waals surface area contributed by atoms with Gasteiger partial charge in [0.05, 0.1) is 11.5 Å². The van der Waals surface area contributed by atoms with E-state index in [2.05, 4.69) is 0 Å². The molecule has 6 heteroatoms. The Morgan fingerprint density at radius 3 is 2.52 bits per heavy atom. The number of ether oxygens (including phenoxy) is 1. The van der Waals surface area contributed by atoms with Crippen LogP contribution in [0.4, 0.5) is 5.69 Å². The fraction of sp³-hybridized carbons (Fsp3) is 0.133. The Balaban J connectivity index is 2.09. The topological polar surface area (TPSA) is 89.7 Å². The molecule has 0 atom stereocenters. The highest BCUT2D eigenvalue weighted by atomic mass is 16.6. The van der Waals surface area contributed by atoms with Gasteiger partial charge in [-0.2, -0.15) is 0 Å². The highest BCUT2D eigenvalue weighted by Gasteiger charge is 2.16. The second-order valence-corrected chi connectivity index (χ2v) is 4.33. The maximum absolute atomic E-state index is 11.1. The van der Waals surface area contributed by atoms with Crippen LogP contribution >= 0.6 is 0 Å². The highest BCUT2D eigenvalue weighted by Crippen LogP contribution is 2.24. The summed E-state index contributed by atoms with van der Waals surface area (Å²) in [5.74, 6) is -1.13. The minimum Gasteiger partial charge on any atom is -0.492 e. The summed E-state index contributed by atoms with van der Waals surface area (Å²) >= 11 is 0. The Bertz CT molecular complexity index is 654. The second-order valence-electron chi connectivity index (χ2n) is 4.33. The summed E-state index contributed by atoms with van der Waals surface area (Å²) in [7, 11) is 0. The average Bonchev–Trinajstić information content (AvgIpc) is 2.48. The van der Waals surface area contributed by atoms with Crippen molar-refractivity contribution in [2.24, 2.45) is 0 Å². The molecule has 108 valence electrons. The number of carboxylic acid groups (broad SMARTS) is 1. The number of aromatic carboxylic acids is 1. The molecule has 6 nitrogen and oxygen atoms in total. The van der Waals surface area contributed by atoms with Crippen LogP contribution in [0.5, 0.6) is 5.75 Å². The van der Waals surface area contributed by atoms with Crippen LogP contribution in [0.1, 0.15) is 15.9 Å². The zero-order valence-electron chi connectivity index (χ0n) is 11.1. The van der Waals surface area contributed by atoms with Gasteiger partial charge >= 0.3 is 5.97 Å². The fourth-order valence-corrected chi connectivity index (χ4v) is 1.85. The number of carbonyl (C=O) groups is 1. The monoisotopic (exact) mass is 287 g/mol. The van der Waals surface area contributed by atoms with Gasteiger partial charge in [0.2, 0.25) is 0 Å². The zero-order valence-corrected chi connectivity index (χ0v) is 11.1. The molecule has 0 aliphatic rings. The minimum absolute atomic E-state index is 0.129. The molecule has 0 heterocycles. The molecule has 0 spiro atoms. The van der Waals surface area contributed by atoms with Gasteiger partial charge < -0.3 is 9.84 Å². The molecule has 21 heavy (non-hydrogen) atoms. The first-order valence-corrected chi connectivity index (χ1v) is 6.26. The van der Waals surface area contributed by atoms with E-state index in [-0.39, 0.29) is 17.0 Å². The van der Waals surface area contributed by atoms with Gasteiger partial charge in [0.15, 0.2) is 0 Å². The lowest BCUT2D eigenvalue weighted by atomic mass is 10.1. The second kappa shape index (κ2) is 6.51. The van der Waals surface area contributed by atoms with Crippen molar-refractivity contribution in [3.8, 4) is 5.75 Å². The molecule has 2 rings (SSSR count). The summed E-state index contributed by atoms with van der Waals surface area (Å²) < 4.78 is 5.43. The first-order valence-electron chi connectivity index (χ1n) is 6.26. The van der Waals surface area contributed by atoms with E-state index in [9.17, 15) is 14.9 Å². The van der Waals surface area contributed by atoms with Crippen molar-refractivity contribution in [3.05, 3.63) is 69.8 Å². The Morgan fingerprint density at radius 2 is 1.90 bits per heavy atom. The average molecular weight is 287 g/mol. The van der Waals surface area contributed by atoms with Crippen LogP contribution in [0.3, 0.4) is 0 Å². The molecule has 0 aliphatic carbocycles. The van der Waals surface area contributed by atoms with Crippen LogP contribution in [-0.2, 0) is 6.42 Å². The molecule has 1 N–H and O–H groups in total. The van der Waals surface area contributed by atoms with Crippen molar-refractivity contribution < 1.29 is 19.6 Å². The summed E-state index contributed by atoms with van der Waals surface area (Å²) in [4.78, 5) is 21.1. The van der Waals surface area contributed by atoms with Gasteiger partial charge in [0, 0.05) is 18.6 Å². The summed E-state index contributed by atoms with van der Waals surface area (Å²) in [6.45, 7) is 0.294. The van der Waals surface area contributed by atoms with Crippen molar-refractivity contribution in [3.63, 3.8) is 0 Å². The number of benzene rings is 2. The highest BCUT2D eigenvalue weighted by molar-refractivity contribution is 5.91. The number of non-ortho nitro benzene ring substituents is 1. The molecule has 0 aliphatic heterocycles. The Labute approximate surface area is 120 Å². The molecule has 0 fully saturated rings. The maximum atomic E-state index is 11.1. The van der Waals surface area contributed by atoms with Crippen molar-refractivity contribution in [2.45, 2.75) is 6.42 Å². The van der Waals surface area contributed by atoms with Crippen LogP contribution in [0.2, 0.25) is 0 Å². The van der Waals surface area contributed by atoms with E-state index < -0.39 is 10.9 Å². The standard InChI is InChI=1S/C15H13NO5/c17-15(18)13-10-12(16(19)20)6-7-14(13)21-9-8-11-4-2-1-3-5-11/h1-7,10H,8-9H2,(H,17,18). The molecule has 0 bridgehead atoms.